The highest BCUT2D eigenvalue weighted by molar-refractivity contribution is 5.89. The second kappa shape index (κ2) is 23.4. The molecule has 0 aromatic rings. The molecule has 0 bridgehead atoms. The Morgan fingerprint density at radius 2 is 1.41 bits per heavy atom. The van der Waals surface area contributed by atoms with Gasteiger partial charge in [-0.3, -0.25) is 29.2 Å². The maximum absolute atomic E-state index is 12.2. The fraction of sp³-hybridized carbons (Fsp3) is 0.800. The van der Waals surface area contributed by atoms with Gasteiger partial charge in [0.1, 0.15) is 17.6 Å². The molecule has 3 amide bonds. The van der Waals surface area contributed by atoms with Crippen molar-refractivity contribution in [3.05, 3.63) is 0 Å². The van der Waals surface area contributed by atoms with Crippen LogP contribution in [0.15, 0.2) is 0 Å². The third-order valence-corrected chi connectivity index (χ3v) is 6.15. The van der Waals surface area contributed by atoms with Crippen LogP contribution in [-0.2, 0) is 24.0 Å². The molecule has 0 fully saturated rings. The van der Waals surface area contributed by atoms with Crippen LogP contribution >= 0.6 is 0 Å². The number of rotatable bonds is 25. The Kier molecular flexibility index (Phi) is 21.9. The van der Waals surface area contributed by atoms with Crippen LogP contribution in [0.1, 0.15) is 90.4 Å². The molecular formula is C25H48N6O8. The molecule has 0 saturated carbocycles. The van der Waals surface area contributed by atoms with Crippen LogP contribution in [0.2, 0.25) is 0 Å². The van der Waals surface area contributed by atoms with Gasteiger partial charge in [0.25, 0.3) is 0 Å². The lowest BCUT2D eigenvalue weighted by Gasteiger charge is -2.16. The second-order valence-electron chi connectivity index (χ2n) is 9.53. The number of carbonyl (C=O) groups is 5. The molecular weight excluding hydrogens is 512 g/mol. The standard InChI is InChI=1S/C25H48N6O8/c1-19(32)21(29-37)11-5-8-15-27-23(34)12-13-24(35)31(39)17-9-3-7-16-28-25(36)22(30-38)18-20(33)10-4-2-6-14-26/h21-22,29-30,37-39H,2-18,26H2,1H3,(H,27,34)(H,28,36). The monoisotopic (exact) mass is 560 g/mol. The molecule has 9 N–H and O–H groups in total. The zero-order valence-electron chi connectivity index (χ0n) is 23.1. The Morgan fingerprint density at radius 1 is 0.769 bits per heavy atom. The van der Waals surface area contributed by atoms with Crippen molar-refractivity contribution in [1.29, 1.82) is 0 Å². The third-order valence-electron chi connectivity index (χ3n) is 6.15. The fourth-order valence-corrected chi connectivity index (χ4v) is 3.69. The Bertz CT molecular complexity index is 739. The molecule has 0 aliphatic rings. The fourth-order valence-electron chi connectivity index (χ4n) is 3.69. The van der Waals surface area contributed by atoms with Crippen LogP contribution in [0.3, 0.4) is 0 Å². The zero-order valence-corrected chi connectivity index (χ0v) is 23.1. The van der Waals surface area contributed by atoms with Crippen molar-refractivity contribution in [3.8, 4) is 0 Å². The SMILES string of the molecule is CC(=O)C(CCCCNC(=O)CCC(=O)N(O)CCCCCNC(=O)C(CC(=O)CCCCCN)NO)NO. The molecule has 0 aliphatic carbocycles. The Labute approximate surface area is 230 Å². The molecule has 0 saturated heterocycles. The van der Waals surface area contributed by atoms with Crippen molar-refractivity contribution in [1.82, 2.24) is 26.7 Å². The van der Waals surface area contributed by atoms with Gasteiger partial charge in [-0.25, -0.2) is 5.06 Å². The zero-order chi connectivity index (χ0) is 29.5. The number of Topliss-reactive ketones (excluding diaryl/α,β-unsaturated/α-hetero) is 2. The molecule has 0 radical (unpaired) electrons. The van der Waals surface area contributed by atoms with Crippen molar-refractivity contribution < 1.29 is 39.6 Å². The highest BCUT2D eigenvalue weighted by Gasteiger charge is 2.20. The number of amides is 3. The molecule has 226 valence electrons. The predicted molar refractivity (Wildman–Crippen MR) is 142 cm³/mol. The van der Waals surface area contributed by atoms with E-state index in [2.05, 4.69) is 10.6 Å². The lowest BCUT2D eigenvalue weighted by Crippen LogP contribution is -2.44. The molecule has 2 atom stereocenters. The minimum absolute atomic E-state index is 0.0630. The molecule has 14 nitrogen and oxygen atoms in total. The highest BCUT2D eigenvalue weighted by atomic mass is 16.5. The van der Waals surface area contributed by atoms with Crippen molar-refractivity contribution >= 4 is 29.3 Å². The summed E-state index contributed by atoms with van der Waals surface area (Å²) in [7, 11) is 0. The van der Waals surface area contributed by atoms with Crippen LogP contribution in [0.5, 0.6) is 0 Å². The first-order valence-electron chi connectivity index (χ1n) is 13.7. The van der Waals surface area contributed by atoms with Crippen molar-refractivity contribution in [2.24, 2.45) is 5.73 Å². The van der Waals surface area contributed by atoms with Crippen molar-refractivity contribution in [3.63, 3.8) is 0 Å². The average Bonchev–Trinajstić information content (AvgIpc) is 2.91. The Hall–Kier alpha value is -2.49. The molecule has 0 aliphatic heterocycles. The summed E-state index contributed by atoms with van der Waals surface area (Å²) in [4.78, 5) is 59.2. The van der Waals surface area contributed by atoms with Gasteiger partial charge < -0.3 is 26.8 Å². The molecule has 2 unspecified atom stereocenters. The first-order valence-corrected chi connectivity index (χ1v) is 13.7. The van der Waals surface area contributed by atoms with E-state index in [4.69, 9.17) is 10.9 Å². The molecule has 0 aromatic carbocycles. The Morgan fingerprint density at radius 3 is 2.05 bits per heavy atom. The number of nitrogens with zero attached hydrogens (tertiary/aromatic N) is 1. The van der Waals surface area contributed by atoms with Gasteiger partial charge >= 0.3 is 0 Å². The van der Waals surface area contributed by atoms with E-state index in [-0.39, 0.29) is 43.3 Å². The van der Waals surface area contributed by atoms with Crippen LogP contribution < -0.4 is 27.3 Å². The van der Waals surface area contributed by atoms with Gasteiger partial charge in [0.2, 0.25) is 17.7 Å². The quantitative estimate of drug-likeness (QED) is 0.0431. The van der Waals surface area contributed by atoms with E-state index in [0.29, 0.717) is 76.1 Å². The lowest BCUT2D eigenvalue weighted by atomic mass is 10.0. The van der Waals surface area contributed by atoms with Gasteiger partial charge in [-0.1, -0.05) is 6.42 Å². The maximum atomic E-state index is 12.2. The number of hydroxylamine groups is 4. The Balaban J connectivity index is 3.92. The van der Waals surface area contributed by atoms with E-state index < -0.39 is 23.9 Å². The number of ketones is 2. The smallest absolute Gasteiger partial charge is 0.246 e. The molecule has 0 aromatic heterocycles. The molecule has 0 rings (SSSR count). The van der Waals surface area contributed by atoms with Gasteiger partial charge in [0.15, 0.2) is 0 Å². The summed E-state index contributed by atoms with van der Waals surface area (Å²) in [5.41, 5.74) is 9.24. The highest BCUT2D eigenvalue weighted by Crippen LogP contribution is 2.05. The van der Waals surface area contributed by atoms with Crippen LogP contribution in [-0.4, -0.2) is 88.2 Å². The summed E-state index contributed by atoms with van der Waals surface area (Å²) in [5.74, 6) is -1.65. The predicted octanol–water partition coefficient (Wildman–Crippen LogP) is 0.320. The van der Waals surface area contributed by atoms with E-state index in [1.807, 2.05) is 11.0 Å². The molecule has 0 heterocycles. The van der Waals surface area contributed by atoms with Gasteiger partial charge in [-0.15, -0.1) is 0 Å². The van der Waals surface area contributed by atoms with Crippen LogP contribution in [0.4, 0.5) is 0 Å². The maximum Gasteiger partial charge on any atom is 0.246 e. The number of nitrogens with two attached hydrogens (primary N) is 1. The van der Waals surface area contributed by atoms with E-state index >= 15 is 0 Å². The number of unbranched alkanes of at least 4 members (excludes halogenated alkanes) is 5. The number of hydrogen-bond acceptors (Lipinski definition) is 11. The summed E-state index contributed by atoms with van der Waals surface area (Å²) in [6.07, 6.45) is 5.76. The average molecular weight is 561 g/mol. The van der Waals surface area contributed by atoms with Gasteiger partial charge in [-0.05, 0) is 64.8 Å². The number of carbonyl (C=O) groups excluding carboxylic acids is 5. The largest absolute Gasteiger partial charge is 0.356 e. The van der Waals surface area contributed by atoms with Crippen LogP contribution in [0.25, 0.3) is 0 Å². The van der Waals surface area contributed by atoms with E-state index in [9.17, 15) is 34.4 Å². The number of hydrogen-bond donors (Lipinski definition) is 8. The molecule has 39 heavy (non-hydrogen) atoms. The minimum atomic E-state index is -1.02. The van der Waals surface area contributed by atoms with Crippen molar-refractivity contribution in [2.45, 2.75) is 102 Å². The van der Waals surface area contributed by atoms with Gasteiger partial charge in [-0.2, -0.15) is 11.0 Å². The summed E-state index contributed by atoms with van der Waals surface area (Å²) >= 11 is 0. The molecule has 14 heteroatoms. The summed E-state index contributed by atoms with van der Waals surface area (Å²) in [6, 6.07) is -1.63. The first kappa shape index (κ1) is 36.5. The third kappa shape index (κ3) is 19.3. The molecule has 0 spiro atoms. The lowest BCUT2D eigenvalue weighted by molar-refractivity contribution is -0.166. The topological polar surface area (TPSA) is 223 Å². The van der Waals surface area contributed by atoms with E-state index in [0.717, 1.165) is 12.8 Å². The normalized spacial score (nSPS) is 12.4. The van der Waals surface area contributed by atoms with E-state index in [1.54, 1.807) is 0 Å². The minimum Gasteiger partial charge on any atom is -0.356 e. The van der Waals surface area contributed by atoms with Crippen molar-refractivity contribution in [2.75, 3.05) is 26.2 Å². The second-order valence-corrected chi connectivity index (χ2v) is 9.53. The summed E-state index contributed by atoms with van der Waals surface area (Å²) < 4.78 is 0. The summed E-state index contributed by atoms with van der Waals surface area (Å²) in [6.45, 7) is 2.73. The summed E-state index contributed by atoms with van der Waals surface area (Å²) in [5, 5.41) is 33.9. The van der Waals surface area contributed by atoms with Gasteiger partial charge in [0.05, 0.1) is 6.04 Å². The van der Waals surface area contributed by atoms with Gasteiger partial charge in [0, 0.05) is 45.3 Å². The first-order chi connectivity index (χ1) is 18.7. The number of nitrogens with one attached hydrogen (secondary N) is 4. The van der Waals surface area contributed by atoms with E-state index in [1.165, 1.54) is 6.92 Å². The van der Waals surface area contributed by atoms with Crippen LogP contribution in [0, 0.1) is 0 Å².